The normalized spacial score (nSPS) is 27.5. The molecule has 2 aromatic rings. The molecule has 1 spiro atoms. The summed E-state index contributed by atoms with van der Waals surface area (Å²) in [6, 6.07) is 17.3. The van der Waals surface area contributed by atoms with Crippen LogP contribution in [0.2, 0.25) is 0 Å². The fraction of sp³-hybridized carbons (Fsp3) is 0.576. The molecule has 3 heterocycles. The van der Waals surface area contributed by atoms with Crippen molar-refractivity contribution in [2.24, 2.45) is 11.8 Å². The summed E-state index contributed by atoms with van der Waals surface area (Å²) < 4.78 is 59.8. The Balaban J connectivity index is 0.000000537. The maximum atomic E-state index is 14.7. The molecule has 1 amide bonds. The summed E-state index contributed by atoms with van der Waals surface area (Å²) in [6.45, 7) is 2.97. The molecular formula is C33H41BrF3N3O5S. The molecule has 13 heteroatoms. The number of carboxylic acids is 1. The smallest absolute Gasteiger partial charge is 0.430 e. The Morgan fingerprint density at radius 2 is 1.72 bits per heavy atom. The third-order valence-corrected chi connectivity index (χ3v) is 12.1. The number of carbonyl (C=O) groups excluding carboxylic acids is 2. The number of quaternary nitrogens is 1. The van der Waals surface area contributed by atoms with Crippen molar-refractivity contribution in [3.8, 4) is 0 Å². The van der Waals surface area contributed by atoms with Gasteiger partial charge in [0.05, 0.1) is 24.8 Å². The van der Waals surface area contributed by atoms with E-state index < -0.39 is 27.6 Å². The maximum absolute atomic E-state index is 14.7. The van der Waals surface area contributed by atoms with E-state index in [0.717, 1.165) is 41.5 Å². The van der Waals surface area contributed by atoms with E-state index in [2.05, 4.69) is 62.5 Å². The number of piperidine rings is 1. The van der Waals surface area contributed by atoms with E-state index in [9.17, 15) is 26.4 Å². The second-order valence-electron chi connectivity index (χ2n) is 13.2. The SMILES string of the molecule is CS(=O)(=O)N1Cc2cc(Br)ccc2[C@@]2(C[NH2+]C[C@H]2C(=O)N2CC[C@@H](c3ccccc3)C[C@H]2C2CCCCC2)C1.O=C([O-])C(F)(F)F. The largest absolute Gasteiger partial charge is 0.542 e. The first-order chi connectivity index (χ1) is 21.7. The Morgan fingerprint density at radius 3 is 2.35 bits per heavy atom. The number of nitrogens with two attached hydrogens (primary N) is 1. The number of aliphatic carboxylic acids is 1. The molecule has 2 N–H and O–H groups in total. The van der Waals surface area contributed by atoms with E-state index in [4.69, 9.17) is 9.90 Å². The predicted octanol–water partition coefficient (Wildman–Crippen LogP) is 3.31. The van der Waals surface area contributed by atoms with Crippen LogP contribution in [0.15, 0.2) is 53.0 Å². The minimum atomic E-state index is -5.19. The van der Waals surface area contributed by atoms with Gasteiger partial charge in [-0.05, 0) is 66.3 Å². The number of alkyl halides is 3. The van der Waals surface area contributed by atoms with Gasteiger partial charge < -0.3 is 20.1 Å². The van der Waals surface area contributed by atoms with Crippen LogP contribution in [0, 0.1) is 11.8 Å². The van der Waals surface area contributed by atoms with Gasteiger partial charge in [-0.2, -0.15) is 17.5 Å². The topological polar surface area (TPSA) is 114 Å². The summed E-state index contributed by atoms with van der Waals surface area (Å²) in [5, 5.41) is 11.0. The highest BCUT2D eigenvalue weighted by Gasteiger charge is 2.57. The van der Waals surface area contributed by atoms with Crippen LogP contribution >= 0.6 is 15.9 Å². The van der Waals surface area contributed by atoms with Crippen molar-refractivity contribution in [2.75, 3.05) is 32.4 Å². The summed E-state index contributed by atoms with van der Waals surface area (Å²) in [5.41, 5.74) is 3.06. The summed E-state index contributed by atoms with van der Waals surface area (Å²) in [4.78, 5) is 25.8. The number of sulfonamides is 1. The van der Waals surface area contributed by atoms with E-state index in [1.807, 2.05) is 12.1 Å². The number of rotatable bonds is 4. The van der Waals surface area contributed by atoms with Crippen LogP contribution in [0.1, 0.15) is 67.6 Å². The standard InChI is InChI=1S/C31H40BrN3O3S.C2HF3O2/c1-39(37,38)34-19-25-16-26(32)12-13-27(25)31(21-34)20-33-18-28(31)30(36)35-15-14-24(22-8-4-2-5-9-22)17-29(35)23-10-6-3-7-11-23;3-2(4,5)1(6)7/h2,4-5,8-9,12-13,16,23-24,28-29,33H,3,6-7,10-11,14-15,17-21H2,1H3;(H,6,7)/t24-,28+,29+,31-;/m1./s1. The van der Waals surface area contributed by atoms with Gasteiger partial charge in [0, 0.05) is 30.1 Å². The molecule has 252 valence electrons. The van der Waals surface area contributed by atoms with Gasteiger partial charge in [0.2, 0.25) is 15.9 Å². The summed E-state index contributed by atoms with van der Waals surface area (Å²) in [7, 11) is -3.41. The van der Waals surface area contributed by atoms with Crippen molar-refractivity contribution in [3.05, 3.63) is 69.7 Å². The highest BCUT2D eigenvalue weighted by Crippen LogP contribution is 2.45. The fourth-order valence-corrected chi connectivity index (χ4v) is 9.46. The van der Waals surface area contributed by atoms with Crippen LogP contribution in [0.5, 0.6) is 0 Å². The van der Waals surface area contributed by atoms with Gasteiger partial charge in [-0.25, -0.2) is 8.42 Å². The Morgan fingerprint density at radius 1 is 1.04 bits per heavy atom. The van der Waals surface area contributed by atoms with Gasteiger partial charge in [-0.1, -0.05) is 71.6 Å². The molecule has 1 aliphatic carbocycles. The number of halogens is 4. The van der Waals surface area contributed by atoms with E-state index in [1.165, 1.54) is 43.9 Å². The number of fused-ring (bicyclic) bond motifs is 2. The first-order valence-corrected chi connectivity index (χ1v) is 18.5. The number of hydrogen-bond donors (Lipinski definition) is 1. The molecule has 2 saturated heterocycles. The summed E-state index contributed by atoms with van der Waals surface area (Å²) in [6.07, 6.45) is 4.34. The summed E-state index contributed by atoms with van der Waals surface area (Å²) in [5.74, 6) is -1.96. The molecule has 4 aliphatic rings. The number of carboxylic acid groups (broad SMARTS) is 1. The molecule has 0 radical (unpaired) electrons. The van der Waals surface area contributed by atoms with Crippen molar-refractivity contribution < 1.29 is 41.6 Å². The number of likely N-dealkylation sites (tertiary alicyclic amines) is 1. The van der Waals surface area contributed by atoms with Crippen molar-refractivity contribution in [2.45, 2.75) is 75.0 Å². The van der Waals surface area contributed by atoms with Crippen LogP contribution in [-0.2, 0) is 31.6 Å². The minimum absolute atomic E-state index is 0.235. The Bertz CT molecular complexity index is 1520. The number of amides is 1. The minimum Gasteiger partial charge on any atom is -0.542 e. The fourth-order valence-electron chi connectivity index (χ4n) is 8.21. The van der Waals surface area contributed by atoms with E-state index in [0.29, 0.717) is 31.5 Å². The van der Waals surface area contributed by atoms with E-state index >= 15 is 0 Å². The molecule has 8 nitrogen and oxygen atoms in total. The molecule has 0 unspecified atom stereocenters. The molecule has 4 atom stereocenters. The van der Waals surface area contributed by atoms with Crippen LogP contribution in [-0.4, -0.2) is 74.2 Å². The Labute approximate surface area is 276 Å². The lowest BCUT2D eigenvalue weighted by molar-refractivity contribution is -0.640. The van der Waals surface area contributed by atoms with Gasteiger partial charge in [0.1, 0.15) is 11.9 Å². The van der Waals surface area contributed by atoms with E-state index in [-0.39, 0.29) is 17.9 Å². The van der Waals surface area contributed by atoms with Gasteiger partial charge in [0.25, 0.3) is 0 Å². The lowest BCUT2D eigenvalue weighted by Crippen LogP contribution is -2.83. The number of benzene rings is 2. The third kappa shape index (κ3) is 7.47. The predicted molar refractivity (Wildman–Crippen MR) is 168 cm³/mol. The lowest BCUT2D eigenvalue weighted by atomic mass is 9.67. The zero-order valence-electron chi connectivity index (χ0n) is 25.8. The number of nitrogens with zero attached hydrogens (tertiary/aromatic N) is 2. The molecule has 6 rings (SSSR count). The lowest BCUT2D eigenvalue weighted by Gasteiger charge is -2.48. The highest BCUT2D eigenvalue weighted by atomic mass is 79.9. The first kappa shape index (κ1) is 34.8. The first-order valence-electron chi connectivity index (χ1n) is 15.9. The van der Waals surface area contributed by atoms with Crippen LogP contribution in [0.3, 0.4) is 0 Å². The van der Waals surface area contributed by atoms with Crippen molar-refractivity contribution in [1.82, 2.24) is 9.21 Å². The molecule has 2 aromatic carbocycles. The van der Waals surface area contributed by atoms with Crippen LogP contribution in [0.4, 0.5) is 13.2 Å². The Hall–Kier alpha value is -2.48. The number of hydrogen-bond acceptors (Lipinski definition) is 5. The van der Waals surface area contributed by atoms with Gasteiger partial charge >= 0.3 is 6.18 Å². The quantitative estimate of drug-likeness (QED) is 0.520. The number of carbonyl (C=O) groups is 2. The zero-order chi connectivity index (χ0) is 33.3. The third-order valence-electron chi connectivity index (χ3n) is 10.4. The van der Waals surface area contributed by atoms with Gasteiger partial charge in [-0.15, -0.1) is 0 Å². The molecule has 1 saturated carbocycles. The molecule has 0 aromatic heterocycles. The van der Waals surface area contributed by atoms with Crippen molar-refractivity contribution in [3.63, 3.8) is 0 Å². The molecule has 3 fully saturated rings. The molecule has 3 aliphatic heterocycles. The van der Waals surface area contributed by atoms with Gasteiger partial charge in [0.15, 0.2) is 0 Å². The molecule has 0 bridgehead atoms. The highest BCUT2D eigenvalue weighted by molar-refractivity contribution is 9.10. The summed E-state index contributed by atoms with van der Waals surface area (Å²) >= 11 is 3.59. The second-order valence-corrected chi connectivity index (χ2v) is 16.1. The van der Waals surface area contributed by atoms with Crippen LogP contribution < -0.4 is 10.4 Å². The van der Waals surface area contributed by atoms with Gasteiger partial charge in [-0.3, -0.25) is 4.79 Å². The monoisotopic (exact) mass is 727 g/mol. The zero-order valence-corrected chi connectivity index (χ0v) is 28.2. The van der Waals surface area contributed by atoms with Crippen LogP contribution in [0.25, 0.3) is 0 Å². The van der Waals surface area contributed by atoms with Crippen molar-refractivity contribution in [1.29, 1.82) is 0 Å². The van der Waals surface area contributed by atoms with E-state index in [1.54, 1.807) is 4.31 Å². The average Bonchev–Trinajstić information content (AvgIpc) is 3.44. The van der Waals surface area contributed by atoms with Crippen molar-refractivity contribution >= 4 is 37.8 Å². The maximum Gasteiger partial charge on any atom is 0.430 e. The Kier molecular flexibility index (Phi) is 10.6. The second kappa shape index (κ2) is 13.9. The molecule has 46 heavy (non-hydrogen) atoms. The average molecular weight is 729 g/mol. The molecular weight excluding hydrogens is 687 g/mol.